The number of carbonyl (C=O) groups is 2. The summed E-state index contributed by atoms with van der Waals surface area (Å²) in [7, 11) is 0. The molecule has 0 bridgehead atoms. The SMILES string of the molecule is Cc1ccc(C)c(OCCC(=O)NC(CC(F)F)C(=O)O)c1. The Morgan fingerprint density at radius 1 is 1.32 bits per heavy atom. The molecule has 0 saturated carbocycles. The summed E-state index contributed by atoms with van der Waals surface area (Å²) < 4.78 is 29.9. The molecular weight excluding hydrogens is 296 g/mol. The normalized spacial score (nSPS) is 12.0. The van der Waals surface area contributed by atoms with Crippen LogP contribution in [0.3, 0.4) is 0 Å². The summed E-state index contributed by atoms with van der Waals surface area (Å²) in [4.78, 5) is 22.4. The Balaban J connectivity index is 2.45. The first kappa shape index (κ1) is 17.9. The van der Waals surface area contributed by atoms with Crippen LogP contribution in [-0.2, 0) is 9.59 Å². The molecule has 0 spiro atoms. The van der Waals surface area contributed by atoms with Crippen molar-refractivity contribution in [2.24, 2.45) is 0 Å². The van der Waals surface area contributed by atoms with E-state index in [-0.39, 0.29) is 13.0 Å². The minimum atomic E-state index is -2.80. The van der Waals surface area contributed by atoms with E-state index in [0.717, 1.165) is 11.1 Å². The van der Waals surface area contributed by atoms with Gasteiger partial charge in [0.2, 0.25) is 12.3 Å². The zero-order valence-electron chi connectivity index (χ0n) is 12.4. The molecule has 1 amide bonds. The number of carboxylic acid groups (broad SMARTS) is 1. The highest BCUT2D eigenvalue weighted by atomic mass is 19.3. The van der Waals surface area contributed by atoms with Gasteiger partial charge in [-0.1, -0.05) is 12.1 Å². The van der Waals surface area contributed by atoms with Crippen molar-refractivity contribution in [2.75, 3.05) is 6.61 Å². The molecule has 2 N–H and O–H groups in total. The topological polar surface area (TPSA) is 75.6 Å². The second kappa shape index (κ2) is 8.31. The maximum atomic E-state index is 12.2. The zero-order chi connectivity index (χ0) is 16.7. The van der Waals surface area contributed by atoms with Crippen LogP contribution in [-0.4, -0.2) is 36.1 Å². The van der Waals surface area contributed by atoms with Crippen LogP contribution < -0.4 is 10.1 Å². The van der Waals surface area contributed by atoms with Crippen molar-refractivity contribution >= 4 is 11.9 Å². The van der Waals surface area contributed by atoms with Gasteiger partial charge < -0.3 is 15.2 Å². The van der Waals surface area contributed by atoms with Gasteiger partial charge in [0.15, 0.2) is 0 Å². The summed E-state index contributed by atoms with van der Waals surface area (Å²) in [6.07, 6.45) is -3.83. The average molecular weight is 315 g/mol. The molecule has 0 fully saturated rings. The van der Waals surface area contributed by atoms with Crippen LogP contribution in [0.25, 0.3) is 0 Å². The first-order chi connectivity index (χ1) is 10.3. The van der Waals surface area contributed by atoms with Crippen LogP contribution in [0.15, 0.2) is 18.2 Å². The number of carbonyl (C=O) groups excluding carboxylic acids is 1. The monoisotopic (exact) mass is 315 g/mol. The standard InChI is InChI=1S/C15H19F2NO4/c1-9-3-4-10(2)12(7-9)22-6-5-14(19)18-11(15(20)21)8-13(16)17/h3-4,7,11,13H,5-6,8H2,1-2H3,(H,18,19)(H,20,21). The number of benzene rings is 1. The van der Waals surface area contributed by atoms with Gasteiger partial charge in [0, 0.05) is 6.42 Å². The Bertz CT molecular complexity index is 534. The summed E-state index contributed by atoms with van der Waals surface area (Å²) in [5.74, 6) is -1.49. The number of aryl methyl sites for hydroxylation is 2. The van der Waals surface area contributed by atoms with Gasteiger partial charge in [-0.15, -0.1) is 0 Å². The van der Waals surface area contributed by atoms with Gasteiger partial charge in [0.05, 0.1) is 13.0 Å². The fourth-order valence-electron chi connectivity index (χ4n) is 1.78. The number of carboxylic acids is 1. The molecule has 22 heavy (non-hydrogen) atoms. The minimum absolute atomic E-state index is 0.0388. The fourth-order valence-corrected chi connectivity index (χ4v) is 1.78. The van der Waals surface area contributed by atoms with Crippen LogP contribution in [0.2, 0.25) is 0 Å². The third kappa shape index (κ3) is 6.07. The fraction of sp³-hybridized carbons (Fsp3) is 0.467. The molecule has 0 aliphatic heterocycles. The molecule has 0 aromatic heterocycles. The Hall–Kier alpha value is -2.18. The predicted octanol–water partition coefficient (Wildman–Crippen LogP) is 2.30. The van der Waals surface area contributed by atoms with E-state index < -0.39 is 30.8 Å². The van der Waals surface area contributed by atoms with E-state index in [4.69, 9.17) is 9.84 Å². The highest BCUT2D eigenvalue weighted by molar-refractivity contribution is 5.83. The van der Waals surface area contributed by atoms with E-state index in [1.165, 1.54) is 0 Å². The maximum absolute atomic E-state index is 12.2. The summed E-state index contributed by atoms with van der Waals surface area (Å²) in [5, 5.41) is 10.8. The van der Waals surface area contributed by atoms with Crippen molar-refractivity contribution in [3.8, 4) is 5.75 Å². The summed E-state index contributed by atoms with van der Waals surface area (Å²) in [6.45, 7) is 3.80. The van der Waals surface area contributed by atoms with Gasteiger partial charge in [-0.3, -0.25) is 4.79 Å². The van der Waals surface area contributed by atoms with E-state index in [0.29, 0.717) is 5.75 Å². The van der Waals surface area contributed by atoms with E-state index >= 15 is 0 Å². The Labute approximate surface area is 127 Å². The van der Waals surface area contributed by atoms with Crippen LogP contribution >= 0.6 is 0 Å². The number of halogens is 2. The lowest BCUT2D eigenvalue weighted by Gasteiger charge is -2.14. The largest absolute Gasteiger partial charge is 0.493 e. The van der Waals surface area contributed by atoms with Crippen LogP contribution in [0, 0.1) is 13.8 Å². The lowest BCUT2D eigenvalue weighted by Crippen LogP contribution is -2.42. The molecule has 0 saturated heterocycles. The smallest absolute Gasteiger partial charge is 0.326 e. The summed E-state index contributed by atoms with van der Waals surface area (Å²) >= 11 is 0. The van der Waals surface area contributed by atoms with Gasteiger partial charge in [-0.2, -0.15) is 0 Å². The minimum Gasteiger partial charge on any atom is -0.493 e. The van der Waals surface area contributed by atoms with Crippen LogP contribution in [0.1, 0.15) is 24.0 Å². The molecule has 1 rings (SSSR count). The molecule has 1 aromatic rings. The van der Waals surface area contributed by atoms with Crippen LogP contribution in [0.4, 0.5) is 8.78 Å². The van der Waals surface area contributed by atoms with Gasteiger partial charge in [-0.25, -0.2) is 13.6 Å². The summed E-state index contributed by atoms with van der Waals surface area (Å²) in [6, 6.07) is 4.04. The van der Waals surface area contributed by atoms with Gasteiger partial charge in [0.1, 0.15) is 11.8 Å². The van der Waals surface area contributed by atoms with Crippen molar-refractivity contribution in [3.05, 3.63) is 29.3 Å². The van der Waals surface area contributed by atoms with Crippen LogP contribution in [0.5, 0.6) is 5.75 Å². The number of hydrogen-bond donors (Lipinski definition) is 2. The van der Waals surface area contributed by atoms with E-state index in [9.17, 15) is 18.4 Å². The lowest BCUT2D eigenvalue weighted by atomic mass is 10.1. The number of alkyl halides is 2. The molecule has 0 heterocycles. The first-order valence-corrected chi connectivity index (χ1v) is 6.80. The number of hydrogen-bond acceptors (Lipinski definition) is 3. The molecule has 1 unspecified atom stereocenters. The van der Waals surface area contributed by atoms with Gasteiger partial charge in [0.25, 0.3) is 0 Å². The van der Waals surface area contributed by atoms with Crippen molar-refractivity contribution in [3.63, 3.8) is 0 Å². The zero-order valence-corrected chi connectivity index (χ0v) is 12.4. The predicted molar refractivity (Wildman–Crippen MR) is 76.2 cm³/mol. The van der Waals surface area contributed by atoms with Gasteiger partial charge >= 0.3 is 5.97 Å². The lowest BCUT2D eigenvalue weighted by molar-refractivity contribution is -0.143. The molecule has 122 valence electrons. The van der Waals surface area contributed by atoms with Crippen molar-refractivity contribution in [2.45, 2.75) is 39.2 Å². The van der Waals surface area contributed by atoms with Crippen molar-refractivity contribution in [1.29, 1.82) is 0 Å². The quantitative estimate of drug-likeness (QED) is 0.772. The third-order valence-electron chi connectivity index (χ3n) is 2.98. The summed E-state index contributed by atoms with van der Waals surface area (Å²) in [5.41, 5.74) is 1.92. The van der Waals surface area contributed by atoms with E-state index in [2.05, 4.69) is 5.32 Å². The average Bonchev–Trinajstić information content (AvgIpc) is 2.41. The number of amides is 1. The molecule has 0 aliphatic rings. The molecule has 0 aliphatic carbocycles. The van der Waals surface area contributed by atoms with Crippen molar-refractivity contribution < 1.29 is 28.2 Å². The van der Waals surface area contributed by atoms with E-state index in [1.54, 1.807) is 0 Å². The molecular formula is C15H19F2NO4. The molecule has 7 heteroatoms. The highest BCUT2D eigenvalue weighted by Crippen LogP contribution is 2.19. The Morgan fingerprint density at radius 3 is 2.59 bits per heavy atom. The molecule has 1 aromatic carbocycles. The second-order valence-corrected chi connectivity index (χ2v) is 4.95. The highest BCUT2D eigenvalue weighted by Gasteiger charge is 2.23. The Kier molecular flexibility index (Phi) is 6.75. The maximum Gasteiger partial charge on any atom is 0.326 e. The number of ether oxygens (including phenoxy) is 1. The molecule has 1 atom stereocenters. The molecule has 0 radical (unpaired) electrons. The van der Waals surface area contributed by atoms with Gasteiger partial charge in [-0.05, 0) is 31.0 Å². The number of nitrogens with one attached hydrogen (secondary N) is 1. The van der Waals surface area contributed by atoms with Crippen molar-refractivity contribution in [1.82, 2.24) is 5.32 Å². The second-order valence-electron chi connectivity index (χ2n) is 4.95. The first-order valence-electron chi connectivity index (χ1n) is 6.80. The number of aliphatic carboxylic acids is 1. The molecule has 5 nitrogen and oxygen atoms in total. The third-order valence-corrected chi connectivity index (χ3v) is 2.98. The van der Waals surface area contributed by atoms with E-state index in [1.807, 2.05) is 32.0 Å². The number of rotatable bonds is 8. The Morgan fingerprint density at radius 2 is 2.00 bits per heavy atom.